The third kappa shape index (κ3) is 2.78. The van der Waals surface area contributed by atoms with Crippen LogP contribution in [0.25, 0.3) is 0 Å². The Morgan fingerprint density at radius 1 is 1.18 bits per heavy atom. The Bertz CT molecular complexity index is 535. The van der Waals surface area contributed by atoms with Crippen molar-refractivity contribution in [2.45, 2.75) is 0 Å². The van der Waals surface area contributed by atoms with E-state index in [1.54, 1.807) is 42.5 Å². The number of nitrogens with zero attached hydrogens (tertiary/aromatic N) is 1. The van der Waals surface area contributed by atoms with Gasteiger partial charge in [0, 0.05) is 11.1 Å². The van der Waals surface area contributed by atoms with Crippen molar-refractivity contribution in [3.05, 3.63) is 65.7 Å². The molecule has 0 unspecified atom stereocenters. The Labute approximate surface area is 99.1 Å². The molecule has 17 heavy (non-hydrogen) atoms. The second-order valence-corrected chi connectivity index (χ2v) is 3.42. The number of benzene rings is 2. The molecule has 2 rings (SSSR count). The minimum Gasteiger partial charge on any atom is -0.298 e. The summed E-state index contributed by atoms with van der Waals surface area (Å²) in [5.74, 6) is -0.361. The van der Waals surface area contributed by atoms with Crippen LogP contribution in [-0.2, 0) is 0 Å². The molecule has 0 fully saturated rings. The molecule has 0 saturated carbocycles. The molecule has 0 aromatic heterocycles. The summed E-state index contributed by atoms with van der Waals surface area (Å²) in [4.78, 5) is 22.4. The molecule has 2 radical (unpaired) electrons. The lowest BCUT2D eigenvalue weighted by Gasteiger charge is -2.01. The van der Waals surface area contributed by atoms with Crippen molar-refractivity contribution < 1.29 is 9.59 Å². The number of amides is 1. The van der Waals surface area contributed by atoms with Gasteiger partial charge in [-0.2, -0.15) is 0 Å². The average Bonchev–Trinajstić information content (AvgIpc) is 2.40. The minimum absolute atomic E-state index is 0.361. The Balaban J connectivity index is 2.17. The number of carbonyl (C=O) groups excluding carboxylic acids is 2. The van der Waals surface area contributed by atoms with Gasteiger partial charge in [0.25, 0.3) is 5.91 Å². The monoisotopic (exact) mass is 223 g/mol. The molecule has 3 heteroatoms. The summed E-state index contributed by atoms with van der Waals surface area (Å²) in [6.45, 7) is 0. The molecule has 2 aromatic rings. The molecule has 0 N–H and O–H groups in total. The highest BCUT2D eigenvalue weighted by Gasteiger charge is 2.08. The first kappa shape index (κ1) is 11.1. The molecule has 82 valence electrons. The van der Waals surface area contributed by atoms with Gasteiger partial charge in [0.1, 0.15) is 6.29 Å². The van der Waals surface area contributed by atoms with Gasteiger partial charge >= 0.3 is 0 Å². The van der Waals surface area contributed by atoms with Crippen molar-refractivity contribution in [1.29, 1.82) is 0 Å². The van der Waals surface area contributed by atoms with Crippen LogP contribution < -0.4 is 5.32 Å². The zero-order valence-electron chi connectivity index (χ0n) is 8.96. The molecular weight excluding hydrogens is 214 g/mol. The van der Waals surface area contributed by atoms with Crippen LogP contribution in [0.1, 0.15) is 20.7 Å². The molecule has 0 saturated heterocycles. The van der Waals surface area contributed by atoms with Gasteiger partial charge in [-0.3, -0.25) is 9.59 Å². The maximum absolute atomic E-state index is 11.8. The van der Waals surface area contributed by atoms with E-state index in [2.05, 4.69) is 11.4 Å². The summed E-state index contributed by atoms with van der Waals surface area (Å²) in [7, 11) is 0. The van der Waals surface area contributed by atoms with Crippen LogP contribution in [0.3, 0.4) is 0 Å². The van der Waals surface area contributed by atoms with Crippen LogP contribution in [0.15, 0.2) is 48.5 Å². The van der Waals surface area contributed by atoms with E-state index >= 15 is 0 Å². The fraction of sp³-hybridized carbons (Fsp3) is 0. The van der Waals surface area contributed by atoms with Gasteiger partial charge in [0.2, 0.25) is 0 Å². The van der Waals surface area contributed by atoms with E-state index < -0.39 is 0 Å². The molecule has 0 heterocycles. The first-order chi connectivity index (χ1) is 8.29. The summed E-state index contributed by atoms with van der Waals surface area (Å²) >= 11 is 0. The lowest BCUT2D eigenvalue weighted by atomic mass is 10.1. The first-order valence-corrected chi connectivity index (χ1v) is 5.07. The lowest BCUT2D eigenvalue weighted by molar-refractivity contribution is 0.0969. The second-order valence-electron chi connectivity index (χ2n) is 3.42. The van der Waals surface area contributed by atoms with E-state index in [1.165, 1.54) is 6.07 Å². The first-order valence-electron chi connectivity index (χ1n) is 5.07. The molecule has 0 spiro atoms. The highest BCUT2D eigenvalue weighted by Crippen LogP contribution is 2.09. The van der Waals surface area contributed by atoms with Crippen LogP contribution in [0.2, 0.25) is 0 Å². The predicted molar refractivity (Wildman–Crippen MR) is 63.2 cm³/mol. The van der Waals surface area contributed by atoms with Crippen molar-refractivity contribution in [3.63, 3.8) is 0 Å². The van der Waals surface area contributed by atoms with Crippen LogP contribution in [-0.4, -0.2) is 12.2 Å². The molecule has 0 aliphatic carbocycles. The van der Waals surface area contributed by atoms with Crippen LogP contribution in [0.5, 0.6) is 0 Å². The molecular formula is C14H9NO2. The summed E-state index contributed by atoms with van der Waals surface area (Å²) in [5.41, 5.74) is 1.44. The predicted octanol–water partition coefficient (Wildman–Crippen LogP) is 2.38. The highest BCUT2D eigenvalue weighted by atomic mass is 16.1. The van der Waals surface area contributed by atoms with E-state index in [0.29, 0.717) is 23.1 Å². The third-order valence-corrected chi connectivity index (χ3v) is 2.20. The summed E-state index contributed by atoms with van der Waals surface area (Å²) in [6, 6.07) is 16.1. The third-order valence-electron chi connectivity index (χ3n) is 2.20. The summed E-state index contributed by atoms with van der Waals surface area (Å²) in [6.07, 6.45) is 0.703. The largest absolute Gasteiger partial charge is 0.298 e. The van der Waals surface area contributed by atoms with E-state index in [4.69, 9.17) is 0 Å². The zero-order valence-corrected chi connectivity index (χ0v) is 8.96. The van der Waals surface area contributed by atoms with Gasteiger partial charge < -0.3 is 0 Å². The highest BCUT2D eigenvalue weighted by molar-refractivity contribution is 5.97. The zero-order chi connectivity index (χ0) is 12.1. The normalized spacial score (nSPS) is 9.65. The number of carbonyl (C=O) groups is 2. The van der Waals surface area contributed by atoms with Crippen molar-refractivity contribution >= 4 is 17.9 Å². The maximum Gasteiger partial charge on any atom is 0.277 e. The van der Waals surface area contributed by atoms with Gasteiger partial charge in [-0.1, -0.05) is 24.3 Å². The fourth-order valence-electron chi connectivity index (χ4n) is 1.38. The quantitative estimate of drug-likeness (QED) is 0.750. The van der Waals surface area contributed by atoms with Gasteiger partial charge in [0.05, 0.1) is 5.69 Å². The van der Waals surface area contributed by atoms with Crippen molar-refractivity contribution in [2.75, 3.05) is 0 Å². The Hall–Kier alpha value is -2.42. The number of rotatable bonds is 3. The SMILES string of the molecule is O=Cc1cccc(C(=O)[N]c2cc[c]cc2)c1. The van der Waals surface area contributed by atoms with Crippen LogP contribution in [0, 0.1) is 6.07 Å². The molecule has 0 aliphatic heterocycles. The molecule has 0 atom stereocenters. The van der Waals surface area contributed by atoms with Crippen molar-refractivity contribution in [3.8, 4) is 0 Å². The average molecular weight is 223 g/mol. The van der Waals surface area contributed by atoms with E-state index in [-0.39, 0.29) is 5.91 Å². The maximum atomic E-state index is 11.8. The topological polar surface area (TPSA) is 48.2 Å². The molecule has 0 bridgehead atoms. The number of aldehydes is 1. The molecule has 2 aromatic carbocycles. The van der Waals surface area contributed by atoms with Crippen molar-refractivity contribution in [1.82, 2.24) is 5.32 Å². The van der Waals surface area contributed by atoms with E-state index in [9.17, 15) is 9.59 Å². The van der Waals surface area contributed by atoms with Gasteiger partial charge in [-0.25, -0.2) is 5.32 Å². The molecule has 3 nitrogen and oxygen atoms in total. The number of hydrogen-bond donors (Lipinski definition) is 0. The molecule has 1 amide bonds. The second kappa shape index (κ2) is 5.07. The lowest BCUT2D eigenvalue weighted by Crippen LogP contribution is -2.10. The Kier molecular flexibility index (Phi) is 3.31. The van der Waals surface area contributed by atoms with Crippen LogP contribution in [0.4, 0.5) is 5.69 Å². The smallest absolute Gasteiger partial charge is 0.277 e. The number of hydrogen-bond acceptors (Lipinski definition) is 2. The van der Waals surface area contributed by atoms with E-state index in [1.807, 2.05) is 0 Å². The summed E-state index contributed by atoms with van der Waals surface area (Å²) in [5, 5.41) is 3.93. The molecule has 0 aliphatic rings. The van der Waals surface area contributed by atoms with Crippen LogP contribution >= 0.6 is 0 Å². The Morgan fingerprint density at radius 3 is 2.65 bits per heavy atom. The standard InChI is InChI=1S/C14H9NO2/c16-10-11-5-4-6-12(9-11)14(17)15-13-7-2-1-3-8-13/h2-10H. The minimum atomic E-state index is -0.361. The fourth-order valence-corrected chi connectivity index (χ4v) is 1.38. The van der Waals surface area contributed by atoms with Gasteiger partial charge in [0.15, 0.2) is 0 Å². The summed E-state index contributed by atoms with van der Waals surface area (Å²) < 4.78 is 0. The van der Waals surface area contributed by atoms with Gasteiger partial charge in [-0.15, -0.1) is 0 Å². The van der Waals surface area contributed by atoms with E-state index in [0.717, 1.165) is 0 Å². The van der Waals surface area contributed by atoms with Gasteiger partial charge in [-0.05, 0) is 30.3 Å². The van der Waals surface area contributed by atoms with Crippen molar-refractivity contribution in [2.24, 2.45) is 0 Å². The Morgan fingerprint density at radius 2 is 1.94 bits per heavy atom.